The fourth-order valence-electron chi connectivity index (χ4n) is 5.63. The Morgan fingerprint density at radius 2 is 1.78 bits per heavy atom. The summed E-state index contributed by atoms with van der Waals surface area (Å²) in [7, 11) is 0. The Morgan fingerprint density at radius 1 is 1.06 bits per heavy atom. The average molecular weight is 500 g/mol. The van der Waals surface area contributed by atoms with Crippen LogP contribution in [0.25, 0.3) is 5.57 Å². The van der Waals surface area contributed by atoms with E-state index >= 15 is 0 Å². The highest BCUT2D eigenvalue weighted by Gasteiger charge is 2.56. The van der Waals surface area contributed by atoms with Gasteiger partial charge in [0.15, 0.2) is 0 Å². The number of alkyl halides is 3. The molecule has 0 unspecified atom stereocenters. The van der Waals surface area contributed by atoms with Crippen molar-refractivity contribution in [2.45, 2.75) is 50.4 Å². The molecule has 2 aliphatic carbocycles. The van der Waals surface area contributed by atoms with Crippen molar-refractivity contribution in [2.24, 2.45) is 5.41 Å². The minimum atomic E-state index is -4.50. The molecule has 2 aromatic rings. The van der Waals surface area contributed by atoms with E-state index in [-0.39, 0.29) is 47.1 Å². The highest BCUT2D eigenvalue weighted by atomic mass is 19.4. The van der Waals surface area contributed by atoms with Crippen molar-refractivity contribution in [3.05, 3.63) is 71.2 Å². The highest BCUT2D eigenvalue weighted by Crippen LogP contribution is 2.52. The van der Waals surface area contributed by atoms with Gasteiger partial charge in [0, 0.05) is 36.8 Å². The van der Waals surface area contributed by atoms with Gasteiger partial charge in [-0.25, -0.2) is 4.39 Å². The van der Waals surface area contributed by atoms with E-state index in [1.54, 1.807) is 22.1 Å². The molecule has 0 atom stereocenters. The van der Waals surface area contributed by atoms with Crippen molar-refractivity contribution in [2.75, 3.05) is 13.1 Å². The smallest absolute Gasteiger partial charge is 0.416 e. The number of rotatable bonds is 5. The SMILES string of the molecule is O=C(c1ccc(F)cc1OC1CC1)N1CC2(CC(N3C=C(c4ccccc4C(F)(F)F)CC3=O)C2)C1. The Hall–Kier alpha value is -3.36. The van der Waals surface area contributed by atoms with Crippen LogP contribution in [0.5, 0.6) is 5.75 Å². The van der Waals surface area contributed by atoms with Crippen molar-refractivity contribution in [1.82, 2.24) is 9.80 Å². The maximum Gasteiger partial charge on any atom is 0.416 e. The van der Waals surface area contributed by atoms with E-state index in [0.29, 0.717) is 37.1 Å². The summed E-state index contributed by atoms with van der Waals surface area (Å²) in [6.07, 6.45) is 0.195. The van der Waals surface area contributed by atoms with E-state index in [2.05, 4.69) is 0 Å². The van der Waals surface area contributed by atoms with Crippen LogP contribution < -0.4 is 4.74 Å². The van der Waals surface area contributed by atoms with Gasteiger partial charge >= 0.3 is 6.18 Å². The molecule has 0 N–H and O–H groups in total. The van der Waals surface area contributed by atoms with Gasteiger partial charge in [-0.3, -0.25) is 9.59 Å². The summed E-state index contributed by atoms with van der Waals surface area (Å²) in [5.74, 6) is -0.593. The summed E-state index contributed by atoms with van der Waals surface area (Å²) in [5.41, 5.74) is -0.0780. The summed E-state index contributed by atoms with van der Waals surface area (Å²) in [6, 6.07) is 9.18. The molecule has 2 heterocycles. The van der Waals surface area contributed by atoms with Gasteiger partial charge in [-0.2, -0.15) is 13.2 Å². The first-order valence-corrected chi connectivity index (χ1v) is 12.1. The Labute approximate surface area is 205 Å². The zero-order chi connectivity index (χ0) is 25.2. The highest BCUT2D eigenvalue weighted by molar-refractivity contribution is 5.98. The number of nitrogens with zero attached hydrogens (tertiary/aromatic N) is 2. The van der Waals surface area contributed by atoms with E-state index in [1.165, 1.54) is 30.3 Å². The van der Waals surface area contributed by atoms with Crippen molar-refractivity contribution < 1.29 is 31.9 Å². The van der Waals surface area contributed by atoms with Gasteiger partial charge in [-0.1, -0.05) is 18.2 Å². The van der Waals surface area contributed by atoms with Crippen LogP contribution >= 0.6 is 0 Å². The van der Waals surface area contributed by atoms with Crippen LogP contribution in [0.4, 0.5) is 17.6 Å². The van der Waals surface area contributed by atoms with E-state index in [4.69, 9.17) is 4.74 Å². The number of carbonyl (C=O) groups is 2. The number of likely N-dealkylation sites (tertiary alicyclic amines) is 1. The molecular formula is C27H24F4N2O3. The molecule has 2 saturated carbocycles. The first-order valence-electron chi connectivity index (χ1n) is 12.1. The van der Waals surface area contributed by atoms with Gasteiger partial charge in [0.25, 0.3) is 5.91 Å². The Balaban J connectivity index is 1.10. The third-order valence-electron chi connectivity index (χ3n) is 7.57. The number of carbonyl (C=O) groups excluding carboxylic acids is 2. The van der Waals surface area contributed by atoms with Crippen LogP contribution in [0.2, 0.25) is 0 Å². The van der Waals surface area contributed by atoms with Crippen molar-refractivity contribution in [1.29, 1.82) is 0 Å². The van der Waals surface area contributed by atoms with Crippen molar-refractivity contribution >= 4 is 17.4 Å². The second-order valence-corrected chi connectivity index (χ2v) is 10.4. The number of halogens is 4. The van der Waals surface area contributed by atoms with Gasteiger partial charge in [0.1, 0.15) is 11.6 Å². The maximum absolute atomic E-state index is 13.7. The fraction of sp³-hybridized carbons (Fsp3) is 0.407. The second-order valence-electron chi connectivity index (χ2n) is 10.4. The van der Waals surface area contributed by atoms with Gasteiger partial charge < -0.3 is 14.5 Å². The molecule has 3 fully saturated rings. The van der Waals surface area contributed by atoms with Gasteiger partial charge in [-0.05, 0) is 55.0 Å². The minimum Gasteiger partial charge on any atom is -0.489 e. The molecular weight excluding hydrogens is 476 g/mol. The number of hydrogen-bond acceptors (Lipinski definition) is 3. The molecule has 2 amide bonds. The van der Waals surface area contributed by atoms with Gasteiger partial charge in [0.05, 0.1) is 23.7 Å². The molecule has 36 heavy (non-hydrogen) atoms. The molecule has 1 spiro atoms. The molecule has 0 bridgehead atoms. The summed E-state index contributed by atoms with van der Waals surface area (Å²) < 4.78 is 59.8. The van der Waals surface area contributed by atoms with Crippen LogP contribution in [-0.4, -0.2) is 46.8 Å². The number of hydrogen-bond donors (Lipinski definition) is 0. The Morgan fingerprint density at radius 3 is 2.47 bits per heavy atom. The van der Waals surface area contributed by atoms with E-state index in [9.17, 15) is 27.2 Å². The molecule has 1 saturated heterocycles. The maximum atomic E-state index is 13.7. The lowest BCUT2D eigenvalue weighted by molar-refractivity contribution is -0.138. The number of benzene rings is 2. The largest absolute Gasteiger partial charge is 0.489 e. The first-order chi connectivity index (χ1) is 17.1. The topological polar surface area (TPSA) is 49.9 Å². The predicted octanol–water partition coefficient (Wildman–Crippen LogP) is 5.26. The van der Waals surface area contributed by atoms with E-state index in [0.717, 1.165) is 18.9 Å². The van der Waals surface area contributed by atoms with E-state index < -0.39 is 17.6 Å². The Bertz CT molecular complexity index is 1270. The molecule has 2 aromatic carbocycles. The lowest BCUT2D eigenvalue weighted by atomic mass is 9.60. The quantitative estimate of drug-likeness (QED) is 0.526. The van der Waals surface area contributed by atoms with Crippen LogP contribution in [0.15, 0.2) is 48.7 Å². The molecule has 6 rings (SSSR count). The third kappa shape index (κ3) is 4.04. The number of ether oxygens (including phenoxy) is 1. The normalized spacial score (nSPS) is 21.3. The summed E-state index contributed by atoms with van der Waals surface area (Å²) >= 11 is 0. The van der Waals surface area contributed by atoms with Crippen LogP contribution in [-0.2, 0) is 11.0 Å². The third-order valence-corrected chi connectivity index (χ3v) is 7.57. The zero-order valence-electron chi connectivity index (χ0n) is 19.4. The molecule has 0 aromatic heterocycles. The van der Waals surface area contributed by atoms with Gasteiger partial charge in [0.2, 0.25) is 5.91 Å². The standard InChI is InChI=1S/C27H24F4N2O3/c28-17-5-8-21(23(10-17)36-19-6-7-19)25(35)32-14-26(15-32)11-18(12-26)33-13-16(9-24(33)34)20-3-1-2-4-22(20)27(29,30)31/h1-5,8,10,13,18-19H,6-7,9,11-12,14-15H2. The lowest BCUT2D eigenvalue weighted by Crippen LogP contribution is -2.67. The summed E-state index contributed by atoms with van der Waals surface area (Å²) in [4.78, 5) is 29.0. The van der Waals surface area contributed by atoms with Crippen LogP contribution in [0.1, 0.15) is 53.6 Å². The molecule has 2 aliphatic heterocycles. The molecule has 188 valence electrons. The first kappa shape index (κ1) is 23.1. The van der Waals surface area contributed by atoms with E-state index in [1.807, 2.05) is 0 Å². The van der Waals surface area contributed by atoms with Crippen molar-refractivity contribution in [3.8, 4) is 5.75 Å². The average Bonchev–Trinajstić information content (AvgIpc) is 3.51. The second kappa shape index (κ2) is 8.08. The van der Waals surface area contributed by atoms with Crippen LogP contribution in [0.3, 0.4) is 0 Å². The molecule has 0 radical (unpaired) electrons. The zero-order valence-corrected chi connectivity index (χ0v) is 19.4. The molecule has 4 aliphatic rings. The monoisotopic (exact) mass is 500 g/mol. The fourth-order valence-corrected chi connectivity index (χ4v) is 5.63. The summed E-state index contributed by atoms with van der Waals surface area (Å²) in [6.45, 7) is 1.05. The molecule has 9 heteroatoms. The minimum absolute atomic E-state index is 0.0347. The predicted molar refractivity (Wildman–Crippen MR) is 122 cm³/mol. The molecule has 5 nitrogen and oxygen atoms in total. The van der Waals surface area contributed by atoms with Crippen LogP contribution in [0, 0.1) is 11.2 Å². The summed E-state index contributed by atoms with van der Waals surface area (Å²) in [5, 5.41) is 0. The lowest BCUT2D eigenvalue weighted by Gasteiger charge is -2.60. The Kier molecular flexibility index (Phi) is 5.18. The van der Waals surface area contributed by atoms with Gasteiger partial charge in [-0.15, -0.1) is 0 Å². The van der Waals surface area contributed by atoms with Crippen molar-refractivity contribution in [3.63, 3.8) is 0 Å². The number of amides is 2.